The van der Waals surface area contributed by atoms with Gasteiger partial charge in [-0.1, -0.05) is 44.2 Å². The minimum Gasteiger partial charge on any atom is -0.481 e. The summed E-state index contributed by atoms with van der Waals surface area (Å²) < 4.78 is 0. The first-order valence-electron chi connectivity index (χ1n) is 11.7. The lowest BCUT2D eigenvalue weighted by Crippen LogP contribution is -2.58. The van der Waals surface area contributed by atoms with E-state index < -0.39 is 72.6 Å². The first-order valence-corrected chi connectivity index (χ1v) is 11.7. The number of benzene rings is 1. The molecular formula is C24H35N5O8. The van der Waals surface area contributed by atoms with Gasteiger partial charge in [-0.15, -0.1) is 0 Å². The van der Waals surface area contributed by atoms with Crippen LogP contribution >= 0.6 is 0 Å². The monoisotopic (exact) mass is 521 g/mol. The van der Waals surface area contributed by atoms with Gasteiger partial charge in [-0.2, -0.15) is 0 Å². The van der Waals surface area contributed by atoms with E-state index in [1.165, 1.54) is 0 Å². The summed E-state index contributed by atoms with van der Waals surface area (Å²) in [6.07, 6.45) is -1.19. The third-order valence-electron chi connectivity index (χ3n) is 5.28. The fraction of sp³-hybridized carbons (Fsp3) is 0.500. The van der Waals surface area contributed by atoms with Crippen LogP contribution < -0.4 is 27.4 Å². The molecule has 1 rings (SSSR count). The average Bonchev–Trinajstić information content (AvgIpc) is 2.80. The summed E-state index contributed by atoms with van der Waals surface area (Å²) in [5.74, 6) is -5.97. The fourth-order valence-electron chi connectivity index (χ4n) is 3.43. The molecule has 0 spiro atoms. The molecule has 4 atom stereocenters. The molecule has 4 unspecified atom stereocenters. The van der Waals surface area contributed by atoms with E-state index in [9.17, 15) is 33.9 Å². The molecule has 37 heavy (non-hydrogen) atoms. The summed E-state index contributed by atoms with van der Waals surface area (Å²) >= 11 is 0. The zero-order valence-corrected chi connectivity index (χ0v) is 20.8. The normalized spacial score (nSPS) is 14.1. The molecule has 0 aliphatic rings. The van der Waals surface area contributed by atoms with Gasteiger partial charge in [-0.3, -0.25) is 24.0 Å². The number of carboxylic acid groups (broad SMARTS) is 2. The van der Waals surface area contributed by atoms with E-state index >= 15 is 0 Å². The maximum Gasteiger partial charge on any atom is 0.326 e. The molecule has 0 aliphatic carbocycles. The minimum atomic E-state index is -1.52. The van der Waals surface area contributed by atoms with Crippen molar-refractivity contribution in [2.24, 2.45) is 17.4 Å². The Bertz CT molecular complexity index is 969. The van der Waals surface area contributed by atoms with E-state index in [1.807, 2.05) is 13.8 Å². The molecule has 0 saturated carbocycles. The summed E-state index contributed by atoms with van der Waals surface area (Å²) in [5.41, 5.74) is 11.7. The number of nitrogens with two attached hydrogens (primary N) is 2. The van der Waals surface area contributed by atoms with Gasteiger partial charge in [0.25, 0.3) is 0 Å². The van der Waals surface area contributed by atoms with Crippen LogP contribution in [0, 0.1) is 5.92 Å². The number of amides is 4. The van der Waals surface area contributed by atoms with Gasteiger partial charge in [-0.05, 0) is 24.3 Å². The average molecular weight is 522 g/mol. The standard InChI is InChI=1S/C24H35N5O8/c1-13(2)10-15(25)21(33)28-18(12-19(26)30)23(35)29-17(11-14-6-4-3-5-7-14)22(34)27-16(24(36)37)8-9-20(31)32/h3-7,13,15-18H,8-12,25H2,1-2H3,(H2,26,30)(H,27,34)(H,28,33)(H,29,35)(H,31,32)(H,36,37). The van der Waals surface area contributed by atoms with Crippen molar-refractivity contribution in [3.63, 3.8) is 0 Å². The summed E-state index contributed by atoms with van der Waals surface area (Å²) in [6, 6.07) is 3.28. The molecular weight excluding hydrogens is 486 g/mol. The van der Waals surface area contributed by atoms with Gasteiger partial charge in [0.1, 0.15) is 18.1 Å². The highest BCUT2D eigenvalue weighted by Crippen LogP contribution is 2.08. The number of nitrogens with one attached hydrogen (secondary N) is 3. The van der Waals surface area contributed by atoms with Gasteiger partial charge in [0.2, 0.25) is 23.6 Å². The molecule has 1 aromatic carbocycles. The number of hydrogen-bond donors (Lipinski definition) is 7. The Kier molecular flexibility index (Phi) is 12.7. The Labute approximate surface area is 214 Å². The molecule has 204 valence electrons. The first-order chi connectivity index (χ1) is 17.3. The molecule has 0 aliphatic heterocycles. The van der Waals surface area contributed by atoms with Gasteiger partial charge in [0.15, 0.2) is 0 Å². The van der Waals surface area contributed by atoms with Crippen LogP contribution in [0.25, 0.3) is 0 Å². The Morgan fingerprint density at radius 1 is 0.838 bits per heavy atom. The van der Waals surface area contributed by atoms with Crippen molar-refractivity contribution < 1.29 is 39.0 Å². The minimum absolute atomic E-state index is 0.0617. The Morgan fingerprint density at radius 3 is 1.89 bits per heavy atom. The molecule has 0 radical (unpaired) electrons. The van der Waals surface area contributed by atoms with Crippen LogP contribution in [-0.4, -0.2) is 69.9 Å². The largest absolute Gasteiger partial charge is 0.481 e. The van der Waals surface area contributed by atoms with E-state index in [1.54, 1.807) is 30.3 Å². The lowest BCUT2D eigenvalue weighted by molar-refractivity contribution is -0.143. The zero-order valence-electron chi connectivity index (χ0n) is 20.8. The molecule has 9 N–H and O–H groups in total. The SMILES string of the molecule is CC(C)CC(N)C(=O)NC(CC(N)=O)C(=O)NC(Cc1ccccc1)C(=O)NC(CCC(=O)O)C(=O)O. The van der Waals surface area contributed by atoms with E-state index in [0.717, 1.165) is 0 Å². The fourth-order valence-corrected chi connectivity index (χ4v) is 3.43. The number of carboxylic acids is 2. The number of carbonyl (C=O) groups excluding carboxylic acids is 4. The van der Waals surface area contributed by atoms with Crippen molar-refractivity contribution in [1.29, 1.82) is 0 Å². The van der Waals surface area contributed by atoms with Crippen LogP contribution in [0.15, 0.2) is 30.3 Å². The second kappa shape index (κ2) is 15.2. The number of hydrogen-bond acceptors (Lipinski definition) is 7. The van der Waals surface area contributed by atoms with Gasteiger partial charge in [-0.25, -0.2) is 4.79 Å². The van der Waals surface area contributed by atoms with Crippen LogP contribution in [0.2, 0.25) is 0 Å². The summed E-state index contributed by atoms with van der Waals surface area (Å²) in [5, 5.41) is 25.3. The predicted octanol–water partition coefficient (Wildman–Crippen LogP) is -1.12. The third kappa shape index (κ3) is 12.0. The topological polar surface area (TPSA) is 231 Å². The van der Waals surface area contributed by atoms with Gasteiger partial charge < -0.3 is 37.6 Å². The Balaban J connectivity index is 3.12. The quantitative estimate of drug-likeness (QED) is 0.139. The van der Waals surface area contributed by atoms with Crippen molar-refractivity contribution in [3.05, 3.63) is 35.9 Å². The molecule has 0 fully saturated rings. The van der Waals surface area contributed by atoms with Crippen LogP contribution in [0.1, 0.15) is 45.1 Å². The first kappa shape index (κ1) is 31.0. The lowest BCUT2D eigenvalue weighted by Gasteiger charge is -2.25. The zero-order chi connectivity index (χ0) is 28.1. The molecule has 13 heteroatoms. The molecule has 13 nitrogen and oxygen atoms in total. The maximum atomic E-state index is 13.1. The lowest BCUT2D eigenvalue weighted by atomic mass is 10.0. The van der Waals surface area contributed by atoms with E-state index in [4.69, 9.17) is 16.6 Å². The predicted molar refractivity (Wildman–Crippen MR) is 132 cm³/mol. The molecule has 4 amide bonds. The number of carbonyl (C=O) groups is 6. The molecule has 0 saturated heterocycles. The highest BCUT2D eigenvalue weighted by atomic mass is 16.4. The number of aliphatic carboxylic acids is 2. The van der Waals surface area contributed by atoms with Crippen LogP contribution in [0.4, 0.5) is 0 Å². The highest BCUT2D eigenvalue weighted by Gasteiger charge is 2.31. The third-order valence-corrected chi connectivity index (χ3v) is 5.28. The second-order valence-electron chi connectivity index (χ2n) is 9.05. The van der Waals surface area contributed by atoms with Crippen LogP contribution in [-0.2, 0) is 35.2 Å². The Hall–Kier alpha value is -4.00. The van der Waals surface area contributed by atoms with Gasteiger partial charge >= 0.3 is 11.9 Å². The van der Waals surface area contributed by atoms with Gasteiger partial charge in [0, 0.05) is 12.8 Å². The van der Waals surface area contributed by atoms with Gasteiger partial charge in [0.05, 0.1) is 12.5 Å². The highest BCUT2D eigenvalue weighted by molar-refractivity contribution is 5.96. The summed E-state index contributed by atoms with van der Waals surface area (Å²) in [7, 11) is 0. The van der Waals surface area contributed by atoms with E-state index in [0.29, 0.717) is 12.0 Å². The van der Waals surface area contributed by atoms with Crippen LogP contribution in [0.3, 0.4) is 0 Å². The molecule has 0 heterocycles. The van der Waals surface area contributed by atoms with E-state index in [2.05, 4.69) is 16.0 Å². The molecule has 1 aromatic rings. The van der Waals surface area contributed by atoms with Crippen molar-refractivity contribution in [1.82, 2.24) is 16.0 Å². The Morgan fingerprint density at radius 2 is 1.38 bits per heavy atom. The number of rotatable bonds is 16. The van der Waals surface area contributed by atoms with Crippen molar-refractivity contribution in [3.8, 4) is 0 Å². The van der Waals surface area contributed by atoms with Crippen LogP contribution in [0.5, 0.6) is 0 Å². The van der Waals surface area contributed by atoms with E-state index in [-0.39, 0.29) is 18.8 Å². The van der Waals surface area contributed by atoms with Crippen molar-refractivity contribution in [2.45, 2.75) is 70.1 Å². The summed E-state index contributed by atoms with van der Waals surface area (Å²) in [4.78, 5) is 72.5. The van der Waals surface area contributed by atoms with Crippen molar-refractivity contribution >= 4 is 35.6 Å². The summed E-state index contributed by atoms with van der Waals surface area (Å²) in [6.45, 7) is 3.71. The molecule has 0 bridgehead atoms. The maximum absolute atomic E-state index is 13.1. The van der Waals surface area contributed by atoms with Crippen molar-refractivity contribution in [2.75, 3.05) is 0 Å². The second-order valence-corrected chi connectivity index (χ2v) is 9.05. The number of primary amides is 1. The smallest absolute Gasteiger partial charge is 0.326 e. The molecule has 0 aromatic heterocycles.